The minimum atomic E-state index is -0.191. The van der Waals surface area contributed by atoms with Crippen LogP contribution < -0.4 is 10.6 Å². The molecule has 0 bridgehead atoms. The van der Waals surface area contributed by atoms with Crippen LogP contribution in [0.2, 0.25) is 0 Å². The van der Waals surface area contributed by atoms with E-state index in [1.165, 1.54) is 17.0 Å². The number of hydrogen-bond donors (Lipinski definition) is 2. The van der Waals surface area contributed by atoms with Crippen molar-refractivity contribution in [2.45, 2.75) is 17.7 Å². The van der Waals surface area contributed by atoms with E-state index in [4.69, 9.17) is 5.73 Å². The number of quaternary nitrogens is 1. The van der Waals surface area contributed by atoms with Gasteiger partial charge in [-0.05, 0) is 24.3 Å². The Bertz CT molecular complexity index is 416. The summed E-state index contributed by atoms with van der Waals surface area (Å²) >= 11 is 1.75. The highest BCUT2D eigenvalue weighted by atomic mass is 32.2. The van der Waals surface area contributed by atoms with Gasteiger partial charge >= 0.3 is 0 Å². The maximum absolute atomic E-state index is 12.8. The fraction of sp³-hybridized carbons (Fsp3) is 0.500. The van der Waals surface area contributed by atoms with Crippen LogP contribution >= 0.6 is 11.8 Å². The molecule has 1 aliphatic heterocycles. The minimum absolute atomic E-state index is 0.0773. The highest BCUT2D eigenvalue weighted by Gasteiger charge is 2.25. The Morgan fingerprint density at radius 1 is 1.32 bits per heavy atom. The second kappa shape index (κ2) is 6.91. The van der Waals surface area contributed by atoms with Crippen LogP contribution in [0.5, 0.6) is 0 Å². The summed E-state index contributed by atoms with van der Waals surface area (Å²) in [5, 5.41) is 0. The topological polar surface area (TPSA) is 47.5 Å². The molecule has 1 fully saturated rings. The Kier molecular flexibility index (Phi) is 5.22. The van der Waals surface area contributed by atoms with Crippen LogP contribution in [-0.2, 0) is 4.79 Å². The van der Waals surface area contributed by atoms with Crippen molar-refractivity contribution in [3.05, 3.63) is 30.1 Å². The van der Waals surface area contributed by atoms with Gasteiger partial charge in [0.25, 0.3) is 0 Å². The molecule has 1 amide bonds. The maximum atomic E-state index is 12.8. The van der Waals surface area contributed by atoms with Gasteiger partial charge in [-0.25, -0.2) is 4.39 Å². The van der Waals surface area contributed by atoms with E-state index in [9.17, 15) is 9.18 Å². The summed E-state index contributed by atoms with van der Waals surface area (Å²) in [6, 6.07) is 6.62. The average Bonchev–Trinajstić information content (AvgIpc) is 2.41. The number of hydrogen-bond acceptors (Lipinski definition) is 2. The molecular weight excluding hydrogens is 263 g/mol. The van der Waals surface area contributed by atoms with Crippen molar-refractivity contribution < 1.29 is 14.1 Å². The van der Waals surface area contributed by atoms with Crippen molar-refractivity contribution >= 4 is 17.7 Å². The minimum Gasteiger partial charge on any atom is -0.369 e. The van der Waals surface area contributed by atoms with Crippen molar-refractivity contribution in [2.75, 3.05) is 25.4 Å². The Morgan fingerprint density at radius 2 is 1.95 bits per heavy atom. The molecule has 0 unspecified atom stereocenters. The van der Waals surface area contributed by atoms with Crippen LogP contribution in [0.3, 0.4) is 0 Å². The lowest BCUT2D eigenvalue weighted by Gasteiger charge is -2.27. The third-order valence-corrected chi connectivity index (χ3v) is 4.65. The highest BCUT2D eigenvalue weighted by molar-refractivity contribution is 7.99. The van der Waals surface area contributed by atoms with Crippen LogP contribution in [0.1, 0.15) is 12.8 Å². The molecule has 0 spiro atoms. The SMILES string of the molecule is NC(=O)C1CC[NH+](CCSc2ccc(F)cc2)CC1. The second-order valence-corrected chi connectivity index (χ2v) is 6.15. The Hall–Kier alpha value is -1.07. The molecule has 19 heavy (non-hydrogen) atoms. The number of primary amides is 1. The lowest BCUT2D eigenvalue weighted by molar-refractivity contribution is -0.903. The number of carbonyl (C=O) groups excluding carboxylic acids is 1. The first-order chi connectivity index (χ1) is 9.15. The zero-order valence-electron chi connectivity index (χ0n) is 10.9. The molecule has 0 aromatic heterocycles. The lowest BCUT2D eigenvalue weighted by atomic mass is 9.96. The molecular formula is C14H20FN2OS+. The molecule has 1 aromatic carbocycles. The van der Waals surface area contributed by atoms with Crippen molar-refractivity contribution in [3.63, 3.8) is 0 Å². The molecule has 0 saturated carbocycles. The highest BCUT2D eigenvalue weighted by Crippen LogP contribution is 2.17. The normalized spacial score (nSPS) is 23.2. The first-order valence-corrected chi connectivity index (χ1v) is 7.65. The van der Waals surface area contributed by atoms with Gasteiger partial charge in [0.2, 0.25) is 5.91 Å². The summed E-state index contributed by atoms with van der Waals surface area (Å²) < 4.78 is 12.8. The lowest BCUT2D eigenvalue weighted by Crippen LogP contribution is -3.13. The summed E-state index contributed by atoms with van der Waals surface area (Å²) in [7, 11) is 0. The number of benzene rings is 1. The standard InChI is InChI=1S/C14H19FN2OS/c15-12-1-3-13(4-2-12)19-10-9-17-7-5-11(6-8-17)14(16)18/h1-4,11H,5-10H2,(H2,16,18)/p+1. The molecule has 1 aromatic rings. The molecule has 5 heteroatoms. The van der Waals surface area contributed by atoms with E-state index >= 15 is 0 Å². The number of thioether (sulfide) groups is 1. The molecule has 104 valence electrons. The summed E-state index contributed by atoms with van der Waals surface area (Å²) in [4.78, 5) is 13.7. The van der Waals surface area contributed by atoms with Gasteiger partial charge in [0.1, 0.15) is 5.82 Å². The van der Waals surface area contributed by atoms with Gasteiger partial charge in [-0.2, -0.15) is 0 Å². The number of amides is 1. The van der Waals surface area contributed by atoms with E-state index in [1.807, 2.05) is 12.1 Å². The monoisotopic (exact) mass is 283 g/mol. The molecule has 0 radical (unpaired) electrons. The Labute approximate surface area is 117 Å². The summed E-state index contributed by atoms with van der Waals surface area (Å²) in [6.07, 6.45) is 1.82. The third kappa shape index (κ3) is 4.51. The van der Waals surface area contributed by atoms with Crippen molar-refractivity contribution in [1.29, 1.82) is 0 Å². The number of rotatable bonds is 5. The fourth-order valence-electron chi connectivity index (χ4n) is 2.40. The van der Waals surface area contributed by atoms with Crippen LogP contribution in [0.25, 0.3) is 0 Å². The van der Waals surface area contributed by atoms with Gasteiger partial charge in [-0.1, -0.05) is 0 Å². The molecule has 3 nitrogen and oxygen atoms in total. The number of nitrogens with two attached hydrogens (primary N) is 1. The maximum Gasteiger partial charge on any atom is 0.220 e. The van der Waals surface area contributed by atoms with Gasteiger partial charge in [-0.15, -0.1) is 11.8 Å². The van der Waals surface area contributed by atoms with Gasteiger partial charge in [0.05, 0.1) is 19.6 Å². The zero-order valence-corrected chi connectivity index (χ0v) is 11.7. The van der Waals surface area contributed by atoms with Crippen molar-refractivity contribution in [2.24, 2.45) is 11.7 Å². The predicted octanol–water partition coefficient (Wildman–Crippen LogP) is 0.698. The van der Waals surface area contributed by atoms with E-state index < -0.39 is 0 Å². The molecule has 1 heterocycles. The fourth-order valence-corrected chi connectivity index (χ4v) is 3.36. The average molecular weight is 283 g/mol. The Balaban J connectivity index is 1.67. The van der Waals surface area contributed by atoms with Gasteiger partial charge < -0.3 is 10.6 Å². The number of nitrogens with one attached hydrogen (secondary N) is 1. The summed E-state index contributed by atoms with van der Waals surface area (Å²) in [6.45, 7) is 3.13. The summed E-state index contributed by atoms with van der Waals surface area (Å²) in [5.74, 6) is 0.749. The van der Waals surface area contributed by atoms with E-state index in [-0.39, 0.29) is 17.6 Å². The molecule has 0 aliphatic carbocycles. The number of halogens is 1. The van der Waals surface area contributed by atoms with Gasteiger partial charge in [-0.3, -0.25) is 4.79 Å². The van der Waals surface area contributed by atoms with Crippen LogP contribution in [0.4, 0.5) is 4.39 Å². The van der Waals surface area contributed by atoms with Crippen LogP contribution in [-0.4, -0.2) is 31.3 Å². The first-order valence-electron chi connectivity index (χ1n) is 6.66. The molecule has 2 rings (SSSR count). The number of carbonyl (C=O) groups is 1. The quantitative estimate of drug-likeness (QED) is 0.782. The predicted molar refractivity (Wildman–Crippen MR) is 74.6 cm³/mol. The molecule has 1 saturated heterocycles. The van der Waals surface area contributed by atoms with Crippen molar-refractivity contribution in [1.82, 2.24) is 0 Å². The first kappa shape index (κ1) is 14.3. The van der Waals surface area contributed by atoms with E-state index in [2.05, 4.69) is 0 Å². The van der Waals surface area contributed by atoms with E-state index in [0.717, 1.165) is 43.1 Å². The zero-order chi connectivity index (χ0) is 13.7. The molecule has 3 N–H and O–H groups in total. The summed E-state index contributed by atoms with van der Waals surface area (Å²) in [5.41, 5.74) is 5.32. The molecule has 1 aliphatic rings. The number of likely N-dealkylation sites (tertiary alicyclic amines) is 1. The Morgan fingerprint density at radius 3 is 2.53 bits per heavy atom. The molecule has 0 atom stereocenters. The van der Waals surface area contributed by atoms with E-state index in [1.54, 1.807) is 11.8 Å². The van der Waals surface area contributed by atoms with E-state index in [0.29, 0.717) is 0 Å². The second-order valence-electron chi connectivity index (χ2n) is 4.98. The largest absolute Gasteiger partial charge is 0.369 e. The smallest absolute Gasteiger partial charge is 0.220 e. The van der Waals surface area contributed by atoms with Gasteiger partial charge in [0.15, 0.2) is 0 Å². The third-order valence-electron chi connectivity index (χ3n) is 3.63. The van der Waals surface area contributed by atoms with Crippen LogP contribution in [0, 0.1) is 11.7 Å². The number of piperidine rings is 1. The van der Waals surface area contributed by atoms with Crippen LogP contribution in [0.15, 0.2) is 29.2 Å². The van der Waals surface area contributed by atoms with Gasteiger partial charge in [0, 0.05) is 29.4 Å². The van der Waals surface area contributed by atoms with Crippen molar-refractivity contribution in [3.8, 4) is 0 Å².